The van der Waals surface area contributed by atoms with Gasteiger partial charge in [-0.05, 0) is 12.0 Å². The van der Waals surface area contributed by atoms with Crippen molar-refractivity contribution in [3.63, 3.8) is 0 Å². The van der Waals surface area contributed by atoms with Gasteiger partial charge in [-0.3, -0.25) is 9.59 Å². The van der Waals surface area contributed by atoms with Crippen molar-refractivity contribution in [1.82, 2.24) is 0 Å². The summed E-state index contributed by atoms with van der Waals surface area (Å²) in [7, 11) is 0. The fourth-order valence-electron chi connectivity index (χ4n) is 1.11. The van der Waals surface area contributed by atoms with Crippen LogP contribution >= 0.6 is 0 Å². The molecule has 1 rings (SSSR count). The normalized spacial score (nSPS) is 11.3. The van der Waals surface area contributed by atoms with Gasteiger partial charge in [0.25, 0.3) is 0 Å². The van der Waals surface area contributed by atoms with E-state index in [9.17, 15) is 14.0 Å². The van der Waals surface area contributed by atoms with E-state index in [1.807, 2.05) is 0 Å². The predicted octanol–water partition coefficient (Wildman–Crippen LogP) is 1.27. The molecule has 0 bridgehead atoms. The topological polar surface area (TPSA) is 54.4 Å². The number of carboxylic acids is 1. The molecule has 0 fully saturated rings. The van der Waals surface area contributed by atoms with Crippen molar-refractivity contribution < 1.29 is 21.9 Å². The van der Waals surface area contributed by atoms with E-state index >= 15 is 0 Å². The number of aliphatic carboxylic acids is 1. The Morgan fingerprint density at radius 1 is 1.33 bits per heavy atom. The Bertz CT molecular complexity index is 335. The molecule has 0 amide bonds. The van der Waals surface area contributed by atoms with Gasteiger partial charge in [-0.25, -0.2) is 0 Å². The first-order chi connectivity index (χ1) is 6.61. The van der Waals surface area contributed by atoms with Crippen molar-refractivity contribution in [2.45, 2.75) is 6.42 Å². The zero-order valence-corrected chi connectivity index (χ0v) is 9.43. The molecule has 0 aliphatic rings. The Morgan fingerprint density at radius 3 is 2.27 bits per heavy atom. The Hall–Kier alpha value is -0.944. The SMILES string of the molecule is O=C(O)C(Cc1ccccc1)C(=O)F.[H-].[H-].[Mg+2]. The Balaban J connectivity index is -0.000000653. The summed E-state index contributed by atoms with van der Waals surface area (Å²) in [6, 6.07) is 6.67. The van der Waals surface area contributed by atoms with Crippen LogP contribution in [-0.2, 0) is 16.0 Å². The second kappa shape index (κ2) is 6.52. The van der Waals surface area contributed by atoms with E-state index < -0.39 is 17.9 Å². The van der Waals surface area contributed by atoms with Crippen LogP contribution in [0.15, 0.2) is 30.3 Å². The van der Waals surface area contributed by atoms with E-state index in [1.54, 1.807) is 30.3 Å². The smallest absolute Gasteiger partial charge is 1.00 e. The monoisotopic (exact) mass is 222 g/mol. The number of benzene rings is 1. The second-order valence-corrected chi connectivity index (χ2v) is 2.88. The first-order valence-corrected chi connectivity index (χ1v) is 4.07. The molecule has 0 aliphatic carbocycles. The van der Waals surface area contributed by atoms with Crippen LogP contribution in [0.1, 0.15) is 8.42 Å². The van der Waals surface area contributed by atoms with Crippen molar-refractivity contribution >= 4 is 35.1 Å². The largest absolute Gasteiger partial charge is 2.00 e. The molecule has 5 heteroatoms. The summed E-state index contributed by atoms with van der Waals surface area (Å²) >= 11 is 0. The predicted molar refractivity (Wildman–Crippen MR) is 55.4 cm³/mol. The van der Waals surface area contributed by atoms with Gasteiger partial charge in [0.1, 0.15) is 0 Å². The van der Waals surface area contributed by atoms with Gasteiger partial charge in [0.05, 0.1) is 0 Å². The number of carboxylic acid groups (broad SMARTS) is 1. The summed E-state index contributed by atoms with van der Waals surface area (Å²) in [5, 5.41) is 8.54. The zero-order chi connectivity index (χ0) is 10.6. The minimum Gasteiger partial charge on any atom is -1.00 e. The minimum atomic E-state index is -1.80. The van der Waals surface area contributed by atoms with Crippen LogP contribution in [0, 0.1) is 5.92 Å². The average molecular weight is 222 g/mol. The summed E-state index contributed by atoms with van der Waals surface area (Å²) in [4.78, 5) is 20.8. The number of hydrogen-bond donors (Lipinski definition) is 1. The second-order valence-electron chi connectivity index (χ2n) is 2.88. The number of rotatable bonds is 4. The third-order valence-electron chi connectivity index (χ3n) is 1.85. The fourth-order valence-corrected chi connectivity index (χ4v) is 1.11. The maximum Gasteiger partial charge on any atom is 2.00 e. The third kappa shape index (κ3) is 4.39. The van der Waals surface area contributed by atoms with Crippen LogP contribution in [0.2, 0.25) is 0 Å². The molecule has 1 N–H and O–H groups in total. The van der Waals surface area contributed by atoms with Crippen molar-refractivity contribution in [1.29, 1.82) is 0 Å². The Morgan fingerprint density at radius 2 is 1.87 bits per heavy atom. The van der Waals surface area contributed by atoms with E-state index in [1.165, 1.54) is 0 Å². The molecule has 0 heterocycles. The molecule has 0 radical (unpaired) electrons. The summed E-state index contributed by atoms with van der Waals surface area (Å²) < 4.78 is 12.3. The molecule has 15 heavy (non-hydrogen) atoms. The molecule has 0 spiro atoms. The van der Waals surface area contributed by atoms with Crippen LogP contribution in [0.25, 0.3) is 0 Å². The molecule has 78 valence electrons. The Labute approximate surface area is 105 Å². The molecular weight excluding hydrogens is 211 g/mol. The summed E-state index contributed by atoms with van der Waals surface area (Å²) in [5.41, 5.74) is 0.630. The molecule has 1 aromatic carbocycles. The molecule has 1 atom stereocenters. The molecule has 1 unspecified atom stereocenters. The maximum atomic E-state index is 12.3. The van der Waals surface area contributed by atoms with Crippen molar-refractivity contribution in [3.05, 3.63) is 35.9 Å². The van der Waals surface area contributed by atoms with Crippen LogP contribution < -0.4 is 0 Å². The molecule has 0 aromatic heterocycles. The minimum absolute atomic E-state index is 0. The van der Waals surface area contributed by atoms with Crippen LogP contribution in [0.4, 0.5) is 4.39 Å². The van der Waals surface area contributed by atoms with E-state index in [0.29, 0.717) is 5.56 Å². The summed E-state index contributed by atoms with van der Waals surface area (Å²) in [5.74, 6) is -3.02. The van der Waals surface area contributed by atoms with Gasteiger partial charge in [0.2, 0.25) is 0 Å². The van der Waals surface area contributed by atoms with Gasteiger partial charge in [-0.2, -0.15) is 4.39 Å². The van der Waals surface area contributed by atoms with Crippen molar-refractivity contribution in [2.75, 3.05) is 0 Å². The number of carbonyl (C=O) groups is 2. The Kier molecular flexibility index (Phi) is 6.11. The van der Waals surface area contributed by atoms with E-state index in [-0.39, 0.29) is 32.3 Å². The first-order valence-electron chi connectivity index (χ1n) is 4.07. The number of hydrogen-bond acceptors (Lipinski definition) is 2. The van der Waals surface area contributed by atoms with Gasteiger partial charge in [-0.15, -0.1) is 0 Å². The van der Waals surface area contributed by atoms with Crippen LogP contribution in [0.5, 0.6) is 0 Å². The van der Waals surface area contributed by atoms with E-state index in [4.69, 9.17) is 5.11 Å². The standard InChI is InChI=1S/C10H9FO3.Mg.2H/c11-9(12)8(10(13)14)6-7-4-2-1-3-5-7;;;/h1-5,8H,6H2,(H,13,14);;;/q;+2;2*-1. The fraction of sp³-hybridized carbons (Fsp3) is 0.200. The average Bonchev–Trinajstić information content (AvgIpc) is 2.15. The maximum absolute atomic E-state index is 12.3. The third-order valence-corrected chi connectivity index (χ3v) is 1.85. The van der Waals surface area contributed by atoms with Gasteiger partial charge in [-0.1, -0.05) is 30.3 Å². The van der Waals surface area contributed by atoms with E-state index in [0.717, 1.165) is 0 Å². The van der Waals surface area contributed by atoms with Crippen molar-refractivity contribution in [2.24, 2.45) is 5.92 Å². The van der Waals surface area contributed by atoms with Gasteiger partial charge < -0.3 is 7.96 Å². The summed E-state index contributed by atoms with van der Waals surface area (Å²) in [6.07, 6.45) is -0.106. The van der Waals surface area contributed by atoms with Crippen LogP contribution in [-0.4, -0.2) is 40.2 Å². The molecular formula is C10H11FMgO3. The number of halogens is 1. The molecule has 0 saturated heterocycles. The first kappa shape index (κ1) is 14.1. The van der Waals surface area contributed by atoms with Gasteiger partial charge in [0.15, 0.2) is 5.92 Å². The number of carbonyl (C=O) groups excluding carboxylic acids is 1. The summed E-state index contributed by atoms with van der Waals surface area (Å²) in [6.45, 7) is 0. The molecule has 1 aromatic rings. The zero-order valence-electron chi connectivity index (χ0n) is 10.0. The van der Waals surface area contributed by atoms with Crippen LogP contribution in [0.3, 0.4) is 0 Å². The quantitative estimate of drug-likeness (QED) is 0.474. The van der Waals surface area contributed by atoms with Gasteiger partial charge in [0, 0.05) is 0 Å². The molecule has 0 aliphatic heterocycles. The molecule has 3 nitrogen and oxygen atoms in total. The van der Waals surface area contributed by atoms with E-state index in [2.05, 4.69) is 0 Å². The van der Waals surface area contributed by atoms with Crippen molar-refractivity contribution in [3.8, 4) is 0 Å². The molecule has 0 saturated carbocycles. The van der Waals surface area contributed by atoms with Gasteiger partial charge >= 0.3 is 35.1 Å².